The highest BCUT2D eigenvalue weighted by atomic mass is 32.2. The molecule has 150 valence electrons. The first-order chi connectivity index (χ1) is 13.3. The minimum atomic E-state index is -3.34. The summed E-state index contributed by atoms with van der Waals surface area (Å²) in [6, 6.07) is 13.2. The van der Waals surface area contributed by atoms with E-state index in [-0.39, 0.29) is 17.7 Å². The molecule has 0 aromatic heterocycles. The molecule has 1 aliphatic carbocycles. The van der Waals surface area contributed by atoms with E-state index in [9.17, 15) is 13.2 Å². The van der Waals surface area contributed by atoms with Crippen LogP contribution in [-0.4, -0.2) is 20.4 Å². The third kappa shape index (κ3) is 5.66. The van der Waals surface area contributed by atoms with Crippen LogP contribution in [-0.2, 0) is 35.2 Å². The van der Waals surface area contributed by atoms with Crippen molar-refractivity contribution in [2.24, 2.45) is 0 Å². The van der Waals surface area contributed by atoms with Gasteiger partial charge >= 0.3 is 0 Å². The first kappa shape index (κ1) is 20.6. The van der Waals surface area contributed by atoms with Gasteiger partial charge in [0.2, 0.25) is 10.0 Å². The minimum absolute atomic E-state index is 0.0487. The number of fused-ring (bicyclic) bond motifs is 1. The molecule has 0 atom stereocenters. The molecule has 28 heavy (non-hydrogen) atoms. The smallest absolute Gasteiger partial charge is 0.251 e. The number of nitrogens with one attached hydrogen (secondary N) is 2. The van der Waals surface area contributed by atoms with Gasteiger partial charge in [0, 0.05) is 18.2 Å². The molecule has 0 radical (unpaired) electrons. The van der Waals surface area contributed by atoms with E-state index in [0.717, 1.165) is 24.0 Å². The molecule has 0 saturated heterocycles. The Labute approximate surface area is 167 Å². The summed E-state index contributed by atoms with van der Waals surface area (Å²) < 4.78 is 26.6. The van der Waals surface area contributed by atoms with Crippen molar-refractivity contribution in [1.29, 1.82) is 0 Å². The second-order valence-corrected chi connectivity index (χ2v) is 9.48. The average Bonchev–Trinajstić information content (AvgIpc) is 2.65. The molecule has 0 spiro atoms. The summed E-state index contributed by atoms with van der Waals surface area (Å²) in [5.41, 5.74) is 5.00. The molecule has 0 unspecified atom stereocenters. The van der Waals surface area contributed by atoms with Gasteiger partial charge in [0.1, 0.15) is 0 Å². The van der Waals surface area contributed by atoms with Gasteiger partial charge in [-0.1, -0.05) is 30.3 Å². The van der Waals surface area contributed by atoms with Crippen molar-refractivity contribution < 1.29 is 13.2 Å². The largest absolute Gasteiger partial charge is 0.348 e. The Morgan fingerprint density at radius 3 is 2.29 bits per heavy atom. The number of rotatable bonds is 7. The van der Waals surface area contributed by atoms with Crippen LogP contribution in [0.2, 0.25) is 0 Å². The molecule has 2 aromatic carbocycles. The molecular weight excluding hydrogens is 372 g/mol. The average molecular weight is 401 g/mol. The van der Waals surface area contributed by atoms with Crippen LogP contribution < -0.4 is 10.0 Å². The van der Waals surface area contributed by atoms with Crippen molar-refractivity contribution in [1.82, 2.24) is 10.0 Å². The quantitative estimate of drug-likeness (QED) is 0.749. The SMILES string of the molecule is CC(C)NS(=O)(=O)Cc1ccc(CNC(=O)c2ccc3c(c2)CCCC3)cc1. The van der Waals surface area contributed by atoms with Gasteiger partial charge in [-0.3, -0.25) is 4.79 Å². The Morgan fingerprint density at radius 2 is 1.61 bits per heavy atom. The van der Waals surface area contributed by atoms with Crippen molar-refractivity contribution in [2.75, 3.05) is 0 Å². The van der Waals surface area contributed by atoms with Gasteiger partial charge in [0.05, 0.1) is 5.75 Å². The number of hydrogen-bond acceptors (Lipinski definition) is 3. The fourth-order valence-corrected chi connectivity index (χ4v) is 4.97. The van der Waals surface area contributed by atoms with Crippen LogP contribution in [0.3, 0.4) is 0 Å². The van der Waals surface area contributed by atoms with Crippen LogP contribution in [0.1, 0.15) is 59.3 Å². The molecule has 6 heteroatoms. The Kier molecular flexibility index (Phi) is 6.52. The number of sulfonamides is 1. The molecule has 5 nitrogen and oxygen atoms in total. The Morgan fingerprint density at radius 1 is 0.964 bits per heavy atom. The van der Waals surface area contributed by atoms with Gasteiger partial charge in [-0.2, -0.15) is 0 Å². The molecule has 0 bridgehead atoms. The predicted octanol–water partition coefficient (Wildman–Crippen LogP) is 3.32. The van der Waals surface area contributed by atoms with E-state index in [0.29, 0.717) is 12.1 Å². The summed E-state index contributed by atoms with van der Waals surface area (Å²) in [5.74, 6) is -0.131. The zero-order valence-electron chi connectivity index (χ0n) is 16.5. The van der Waals surface area contributed by atoms with Crippen molar-refractivity contribution >= 4 is 15.9 Å². The molecule has 1 amide bonds. The van der Waals surface area contributed by atoms with Crippen molar-refractivity contribution in [3.63, 3.8) is 0 Å². The summed E-state index contributed by atoms with van der Waals surface area (Å²) >= 11 is 0. The fraction of sp³-hybridized carbons (Fsp3) is 0.409. The van der Waals surface area contributed by atoms with E-state index in [1.165, 1.54) is 24.0 Å². The van der Waals surface area contributed by atoms with Crippen LogP contribution in [0.4, 0.5) is 0 Å². The molecule has 3 rings (SSSR count). The van der Waals surface area contributed by atoms with Crippen molar-refractivity contribution in [2.45, 2.75) is 57.9 Å². The van der Waals surface area contributed by atoms with E-state index in [1.54, 1.807) is 26.0 Å². The topological polar surface area (TPSA) is 75.3 Å². The fourth-order valence-electron chi connectivity index (χ4n) is 3.53. The number of carbonyl (C=O) groups excluding carboxylic acids is 1. The van der Waals surface area contributed by atoms with Crippen LogP contribution in [0.5, 0.6) is 0 Å². The van der Waals surface area contributed by atoms with Gasteiger partial charge in [0.15, 0.2) is 0 Å². The second kappa shape index (κ2) is 8.88. The van der Waals surface area contributed by atoms with Gasteiger partial charge in [0.25, 0.3) is 5.91 Å². The van der Waals surface area contributed by atoms with Crippen molar-refractivity contribution in [3.05, 3.63) is 70.3 Å². The first-order valence-corrected chi connectivity index (χ1v) is 11.5. The number of benzene rings is 2. The monoisotopic (exact) mass is 400 g/mol. The van der Waals surface area contributed by atoms with Crippen LogP contribution in [0.25, 0.3) is 0 Å². The summed E-state index contributed by atoms with van der Waals surface area (Å²) in [5, 5.41) is 2.95. The molecule has 0 fully saturated rings. The van der Waals surface area contributed by atoms with Crippen molar-refractivity contribution in [3.8, 4) is 0 Å². The summed E-state index contributed by atoms with van der Waals surface area (Å²) in [7, 11) is -3.34. The molecule has 0 heterocycles. The Bertz CT molecular complexity index is 935. The lowest BCUT2D eigenvalue weighted by Gasteiger charge is -2.16. The number of carbonyl (C=O) groups is 1. The van der Waals surface area contributed by atoms with Crippen LogP contribution in [0.15, 0.2) is 42.5 Å². The Balaban J connectivity index is 1.57. The minimum Gasteiger partial charge on any atom is -0.348 e. The molecule has 1 aliphatic rings. The lowest BCUT2D eigenvalue weighted by molar-refractivity contribution is 0.0950. The molecule has 2 N–H and O–H groups in total. The van der Waals surface area contributed by atoms with Crippen LogP contribution in [0, 0.1) is 0 Å². The second-order valence-electron chi connectivity index (χ2n) is 7.72. The van der Waals surface area contributed by atoms with E-state index in [4.69, 9.17) is 0 Å². The number of amides is 1. The number of hydrogen-bond donors (Lipinski definition) is 2. The highest BCUT2D eigenvalue weighted by molar-refractivity contribution is 7.88. The van der Waals surface area contributed by atoms with Crippen LogP contribution >= 0.6 is 0 Å². The highest BCUT2D eigenvalue weighted by Crippen LogP contribution is 2.22. The highest BCUT2D eigenvalue weighted by Gasteiger charge is 2.14. The van der Waals surface area contributed by atoms with E-state index in [2.05, 4.69) is 16.1 Å². The maximum Gasteiger partial charge on any atom is 0.251 e. The number of aryl methyl sites for hydroxylation is 2. The lowest BCUT2D eigenvalue weighted by Crippen LogP contribution is -2.31. The summed E-state index contributed by atoms with van der Waals surface area (Å²) in [4.78, 5) is 12.5. The van der Waals surface area contributed by atoms with Gasteiger partial charge in [-0.25, -0.2) is 13.1 Å². The van der Waals surface area contributed by atoms with Gasteiger partial charge in [-0.15, -0.1) is 0 Å². The first-order valence-electron chi connectivity index (χ1n) is 9.80. The normalized spacial score (nSPS) is 14.0. The molecule has 2 aromatic rings. The Hall–Kier alpha value is -2.18. The maximum absolute atomic E-state index is 12.5. The standard InChI is InChI=1S/C22H28N2O3S/c1-16(2)24-28(26,27)15-18-9-7-17(8-10-18)14-23-22(25)21-12-11-19-5-3-4-6-20(19)13-21/h7-13,16,24H,3-6,14-15H2,1-2H3,(H,23,25). The maximum atomic E-state index is 12.5. The third-order valence-electron chi connectivity index (χ3n) is 4.86. The molecular formula is C22H28N2O3S. The van der Waals surface area contributed by atoms with E-state index < -0.39 is 10.0 Å². The molecule has 0 saturated carbocycles. The summed E-state index contributed by atoms with van der Waals surface area (Å²) in [6.07, 6.45) is 4.56. The zero-order valence-corrected chi connectivity index (χ0v) is 17.3. The van der Waals surface area contributed by atoms with Gasteiger partial charge < -0.3 is 5.32 Å². The van der Waals surface area contributed by atoms with E-state index >= 15 is 0 Å². The van der Waals surface area contributed by atoms with Gasteiger partial charge in [-0.05, 0) is 73.9 Å². The lowest BCUT2D eigenvalue weighted by atomic mass is 9.90. The summed E-state index contributed by atoms with van der Waals surface area (Å²) in [6.45, 7) is 4.00. The predicted molar refractivity (Wildman–Crippen MR) is 112 cm³/mol. The third-order valence-corrected chi connectivity index (χ3v) is 6.40. The molecule has 0 aliphatic heterocycles. The van der Waals surface area contributed by atoms with E-state index in [1.807, 2.05) is 24.3 Å². The zero-order chi connectivity index (χ0) is 20.1.